The lowest BCUT2D eigenvalue weighted by molar-refractivity contribution is -0.138. The van der Waals surface area contributed by atoms with Crippen LogP contribution in [0.5, 0.6) is 0 Å². The third-order valence-electron chi connectivity index (χ3n) is 2.52. The number of hydrogen-bond acceptors (Lipinski definition) is 3. The number of fused-ring (bicyclic) bond motifs is 1. The van der Waals surface area contributed by atoms with Gasteiger partial charge in [-0.2, -0.15) is 4.98 Å². The van der Waals surface area contributed by atoms with Crippen molar-refractivity contribution in [3.8, 4) is 0 Å². The molecule has 1 aromatic heterocycles. The second kappa shape index (κ2) is 3.97. The predicted octanol–water partition coefficient (Wildman–Crippen LogP) is 1.25. The van der Waals surface area contributed by atoms with Crippen molar-refractivity contribution >= 4 is 16.9 Å². The number of carboxylic acids is 1. The van der Waals surface area contributed by atoms with Crippen molar-refractivity contribution in [2.45, 2.75) is 12.8 Å². The molecule has 0 aliphatic carbocycles. The number of carbonyl (C=O) groups is 1. The van der Waals surface area contributed by atoms with E-state index >= 15 is 0 Å². The molecule has 2 rings (SSSR count). The van der Waals surface area contributed by atoms with Crippen LogP contribution in [0.25, 0.3) is 10.9 Å². The molecule has 0 fully saturated rings. The van der Waals surface area contributed by atoms with Gasteiger partial charge in [0.15, 0.2) is 0 Å². The molecule has 0 spiro atoms. The second-order valence-electron chi connectivity index (χ2n) is 3.68. The molecule has 0 saturated heterocycles. The number of aromatic amines is 1. The average Bonchev–Trinajstić information content (AvgIpc) is 2.27. The fourth-order valence-corrected chi connectivity index (χ4v) is 1.61. The van der Waals surface area contributed by atoms with Crippen molar-refractivity contribution in [3.05, 3.63) is 40.2 Å². The maximum absolute atomic E-state index is 13.1. The molecule has 0 bridgehead atoms. The van der Waals surface area contributed by atoms with E-state index in [1.807, 2.05) is 0 Å². The largest absolute Gasteiger partial charge is 0.481 e. The molecule has 1 unspecified atom stereocenters. The van der Waals surface area contributed by atoms with E-state index < -0.39 is 23.4 Å². The van der Waals surface area contributed by atoms with E-state index in [-0.39, 0.29) is 11.2 Å². The monoisotopic (exact) mass is 236 g/mol. The Morgan fingerprint density at radius 3 is 2.88 bits per heavy atom. The highest BCUT2D eigenvalue weighted by molar-refractivity contribution is 5.86. The van der Waals surface area contributed by atoms with Crippen LogP contribution in [0.4, 0.5) is 4.39 Å². The fourth-order valence-electron chi connectivity index (χ4n) is 1.61. The fraction of sp³-hybridized carbons (Fsp3) is 0.182. The van der Waals surface area contributed by atoms with Crippen molar-refractivity contribution in [2.24, 2.45) is 0 Å². The van der Waals surface area contributed by atoms with Crippen LogP contribution in [0.3, 0.4) is 0 Å². The quantitative estimate of drug-likeness (QED) is 0.822. The molecule has 2 N–H and O–H groups in total. The van der Waals surface area contributed by atoms with Crippen molar-refractivity contribution in [1.29, 1.82) is 0 Å². The van der Waals surface area contributed by atoms with Gasteiger partial charge in [0.2, 0.25) is 0 Å². The van der Waals surface area contributed by atoms with E-state index in [0.717, 1.165) is 6.07 Å². The van der Waals surface area contributed by atoms with E-state index in [1.165, 1.54) is 19.1 Å². The third kappa shape index (κ3) is 2.01. The molecular weight excluding hydrogens is 227 g/mol. The van der Waals surface area contributed by atoms with Gasteiger partial charge in [-0.3, -0.25) is 4.79 Å². The van der Waals surface area contributed by atoms with Crippen LogP contribution in [0.1, 0.15) is 18.5 Å². The molecule has 1 atom stereocenters. The molecule has 1 aromatic carbocycles. The molecule has 1 heterocycles. The Morgan fingerprint density at radius 2 is 2.24 bits per heavy atom. The normalized spacial score (nSPS) is 12.6. The van der Waals surface area contributed by atoms with Gasteiger partial charge < -0.3 is 10.1 Å². The minimum Gasteiger partial charge on any atom is -0.481 e. The lowest BCUT2D eigenvalue weighted by atomic mass is 10.0. The van der Waals surface area contributed by atoms with Gasteiger partial charge in [0.1, 0.15) is 5.82 Å². The van der Waals surface area contributed by atoms with E-state index in [4.69, 9.17) is 5.11 Å². The second-order valence-corrected chi connectivity index (χ2v) is 3.68. The molecule has 0 saturated carbocycles. The van der Waals surface area contributed by atoms with Crippen molar-refractivity contribution < 1.29 is 14.3 Å². The maximum atomic E-state index is 13.1. The molecule has 0 aliphatic rings. The minimum atomic E-state index is -1.10. The number of nitrogens with zero attached hydrogens (tertiary/aromatic N) is 1. The smallest absolute Gasteiger partial charge is 0.345 e. The van der Waals surface area contributed by atoms with Crippen molar-refractivity contribution in [3.63, 3.8) is 0 Å². The minimum absolute atomic E-state index is 0.159. The Balaban J connectivity index is 2.80. The van der Waals surface area contributed by atoms with Crippen LogP contribution in [-0.2, 0) is 4.79 Å². The molecule has 6 heteroatoms. The van der Waals surface area contributed by atoms with Gasteiger partial charge in [-0.25, -0.2) is 9.18 Å². The molecule has 5 nitrogen and oxygen atoms in total. The summed E-state index contributed by atoms with van der Waals surface area (Å²) in [6.45, 7) is 1.41. The summed E-state index contributed by atoms with van der Waals surface area (Å²) < 4.78 is 13.1. The topological polar surface area (TPSA) is 83.0 Å². The van der Waals surface area contributed by atoms with Gasteiger partial charge >= 0.3 is 11.7 Å². The van der Waals surface area contributed by atoms with Gasteiger partial charge in [-0.1, -0.05) is 0 Å². The Kier molecular flexibility index (Phi) is 2.63. The summed E-state index contributed by atoms with van der Waals surface area (Å²) in [4.78, 5) is 28.2. The number of hydrogen-bond donors (Lipinski definition) is 2. The van der Waals surface area contributed by atoms with E-state index in [1.54, 1.807) is 0 Å². The Hall–Kier alpha value is -2.24. The molecule has 0 aliphatic heterocycles. The summed E-state index contributed by atoms with van der Waals surface area (Å²) in [5.74, 6) is -2.54. The summed E-state index contributed by atoms with van der Waals surface area (Å²) in [5, 5.41) is 9.22. The molecule has 17 heavy (non-hydrogen) atoms. The van der Waals surface area contributed by atoms with Crippen molar-refractivity contribution in [2.75, 3.05) is 0 Å². The van der Waals surface area contributed by atoms with Gasteiger partial charge in [-0.15, -0.1) is 0 Å². The Morgan fingerprint density at radius 1 is 1.53 bits per heavy atom. The first-order valence-corrected chi connectivity index (χ1v) is 4.91. The first-order chi connectivity index (χ1) is 7.99. The SMILES string of the molecule is CC(C(=O)O)c1[nH]c(=O)nc2ccc(F)cc12. The number of carboxylic acid groups (broad SMARTS) is 1. The number of nitrogens with one attached hydrogen (secondary N) is 1. The van der Waals surface area contributed by atoms with Crippen LogP contribution in [-0.4, -0.2) is 21.0 Å². The molecule has 0 amide bonds. The standard InChI is InChI=1S/C11H9FN2O3/c1-5(10(15)16)9-7-4-6(12)2-3-8(7)13-11(17)14-9/h2-5H,1H3,(H,15,16)(H,13,14,17). The summed E-state index contributed by atoms with van der Waals surface area (Å²) in [6, 6.07) is 3.68. The molecule has 88 valence electrons. The summed E-state index contributed by atoms with van der Waals surface area (Å²) in [6.07, 6.45) is 0. The lowest BCUT2D eigenvalue weighted by Gasteiger charge is -2.09. The molecule has 0 radical (unpaired) electrons. The zero-order valence-corrected chi connectivity index (χ0v) is 8.90. The van der Waals surface area contributed by atoms with Crippen LogP contribution >= 0.6 is 0 Å². The summed E-state index contributed by atoms with van der Waals surface area (Å²) >= 11 is 0. The lowest BCUT2D eigenvalue weighted by Crippen LogP contribution is -2.18. The maximum Gasteiger partial charge on any atom is 0.345 e. The Labute approximate surface area is 94.9 Å². The number of rotatable bonds is 2. The number of benzene rings is 1. The highest BCUT2D eigenvalue weighted by Gasteiger charge is 2.18. The number of aromatic nitrogens is 2. The first-order valence-electron chi connectivity index (χ1n) is 4.91. The van der Waals surface area contributed by atoms with Crippen LogP contribution in [0.2, 0.25) is 0 Å². The highest BCUT2D eigenvalue weighted by atomic mass is 19.1. The third-order valence-corrected chi connectivity index (χ3v) is 2.52. The van der Waals surface area contributed by atoms with Gasteiger partial charge in [0, 0.05) is 11.1 Å². The predicted molar refractivity (Wildman–Crippen MR) is 58.4 cm³/mol. The van der Waals surface area contributed by atoms with Crippen LogP contribution < -0.4 is 5.69 Å². The number of aliphatic carboxylic acids is 1. The van der Waals surface area contributed by atoms with E-state index in [2.05, 4.69) is 9.97 Å². The van der Waals surface area contributed by atoms with E-state index in [0.29, 0.717) is 5.39 Å². The van der Waals surface area contributed by atoms with Crippen LogP contribution in [0, 0.1) is 5.82 Å². The van der Waals surface area contributed by atoms with Crippen LogP contribution in [0.15, 0.2) is 23.0 Å². The van der Waals surface area contributed by atoms with Gasteiger partial charge in [0.05, 0.1) is 11.4 Å². The zero-order chi connectivity index (χ0) is 12.6. The highest BCUT2D eigenvalue weighted by Crippen LogP contribution is 2.21. The summed E-state index contributed by atoms with van der Waals surface area (Å²) in [5.41, 5.74) is -0.211. The Bertz CT molecular complexity index is 651. The summed E-state index contributed by atoms with van der Waals surface area (Å²) in [7, 11) is 0. The molecular formula is C11H9FN2O3. The first kappa shape index (κ1) is 11.3. The van der Waals surface area contributed by atoms with Crippen molar-refractivity contribution in [1.82, 2.24) is 9.97 Å². The number of H-pyrrole nitrogens is 1. The van der Waals surface area contributed by atoms with Gasteiger partial charge in [-0.05, 0) is 25.1 Å². The average molecular weight is 236 g/mol. The number of halogens is 1. The molecule has 2 aromatic rings. The van der Waals surface area contributed by atoms with E-state index in [9.17, 15) is 14.0 Å². The van der Waals surface area contributed by atoms with Gasteiger partial charge in [0.25, 0.3) is 0 Å². The zero-order valence-electron chi connectivity index (χ0n) is 8.90.